The van der Waals surface area contributed by atoms with Gasteiger partial charge in [0.2, 0.25) is 0 Å². The fourth-order valence-corrected chi connectivity index (χ4v) is 1.28. The highest BCUT2D eigenvalue weighted by molar-refractivity contribution is 5.18. The summed E-state index contributed by atoms with van der Waals surface area (Å²) in [7, 11) is 0. The van der Waals surface area contributed by atoms with E-state index in [4.69, 9.17) is 0 Å². The molecule has 0 heterocycles. The smallest absolute Gasteiger partial charge is 0.0840 e. The molecule has 0 radical (unpaired) electrons. The fraction of sp³-hybridized carbons (Fsp3) is 0.571. The van der Waals surface area contributed by atoms with Gasteiger partial charge in [0, 0.05) is 0 Å². The van der Waals surface area contributed by atoms with Crippen LogP contribution in [0.25, 0.3) is 0 Å². The molecule has 0 bridgehead atoms. The van der Waals surface area contributed by atoms with Crippen molar-refractivity contribution >= 4 is 0 Å². The van der Waals surface area contributed by atoms with Gasteiger partial charge in [-0.15, -0.1) is 0 Å². The largest absolute Gasteiger partial charge is 0.388 e. The Morgan fingerprint density at radius 3 is 2.00 bits per heavy atom. The highest BCUT2D eigenvalue weighted by Crippen LogP contribution is 2.35. The fourth-order valence-electron chi connectivity index (χ4n) is 1.28. The van der Waals surface area contributed by atoms with E-state index < -0.39 is 0 Å². The lowest BCUT2D eigenvalue weighted by atomic mass is 9.80. The highest BCUT2D eigenvalue weighted by atomic mass is 16.3. The molecule has 0 spiro atoms. The zero-order valence-corrected chi connectivity index (χ0v) is 10.6. The van der Waals surface area contributed by atoms with Crippen molar-refractivity contribution in [1.29, 1.82) is 0 Å². The lowest BCUT2D eigenvalue weighted by molar-refractivity contribution is 0.0466. The molecule has 1 rings (SSSR count). The van der Waals surface area contributed by atoms with Crippen molar-refractivity contribution in [3.8, 4) is 0 Å². The summed E-state index contributed by atoms with van der Waals surface area (Å²) in [4.78, 5) is 0. The van der Waals surface area contributed by atoms with Gasteiger partial charge in [-0.25, -0.2) is 0 Å². The molecule has 15 heavy (non-hydrogen) atoms. The summed E-state index contributed by atoms with van der Waals surface area (Å²) in [6.07, 6.45) is 0.613. The molecule has 1 aromatic carbocycles. The van der Waals surface area contributed by atoms with Crippen LogP contribution in [0.4, 0.5) is 0 Å². The predicted molar refractivity (Wildman–Crippen MR) is 66.8 cm³/mol. The Hall–Kier alpha value is -0.820. The number of aliphatic hydroxyl groups excluding tert-OH is 1. The van der Waals surface area contributed by atoms with Gasteiger partial charge in [0.25, 0.3) is 0 Å². The van der Waals surface area contributed by atoms with Crippen LogP contribution in [0.2, 0.25) is 0 Å². The van der Waals surface area contributed by atoms with Crippen LogP contribution < -0.4 is 0 Å². The average Bonchev–Trinajstić information content (AvgIpc) is 2.32. The van der Waals surface area contributed by atoms with Gasteiger partial charge < -0.3 is 5.11 Å². The summed E-state index contributed by atoms with van der Waals surface area (Å²) in [6.45, 7) is 10.3. The van der Waals surface area contributed by atoms with Crippen molar-refractivity contribution in [3.05, 3.63) is 35.9 Å². The molecule has 1 N–H and O–H groups in total. The Labute approximate surface area is 94.2 Å². The quantitative estimate of drug-likeness (QED) is 0.790. The third-order valence-electron chi connectivity index (χ3n) is 2.77. The molecule has 0 saturated carbocycles. The van der Waals surface area contributed by atoms with Crippen molar-refractivity contribution in [2.45, 2.75) is 47.1 Å². The van der Waals surface area contributed by atoms with Crippen LogP contribution in [-0.4, -0.2) is 5.11 Å². The first-order valence-electron chi connectivity index (χ1n) is 5.81. The molecule has 0 aliphatic rings. The number of hydrogen-bond acceptors (Lipinski definition) is 1. The van der Waals surface area contributed by atoms with E-state index in [-0.39, 0.29) is 11.5 Å². The normalized spacial score (nSPS) is 12.7. The maximum atomic E-state index is 10.0. The average molecular weight is 208 g/mol. The Morgan fingerprint density at radius 1 is 1.13 bits per heavy atom. The van der Waals surface area contributed by atoms with Crippen molar-refractivity contribution < 1.29 is 5.11 Å². The number of hydrogen-bond donors (Lipinski definition) is 1. The van der Waals surface area contributed by atoms with Crippen LogP contribution in [-0.2, 0) is 0 Å². The minimum Gasteiger partial charge on any atom is -0.388 e. The van der Waals surface area contributed by atoms with Crippen LogP contribution in [0, 0.1) is 5.41 Å². The molecular formula is C14H24O. The first-order valence-corrected chi connectivity index (χ1v) is 5.81. The molecule has 1 unspecified atom stereocenters. The van der Waals surface area contributed by atoms with Crippen LogP contribution in [0.15, 0.2) is 30.3 Å². The van der Waals surface area contributed by atoms with Crippen molar-refractivity contribution in [2.24, 2.45) is 5.41 Å². The zero-order chi connectivity index (χ0) is 11.9. The van der Waals surface area contributed by atoms with E-state index in [1.54, 1.807) is 0 Å². The van der Waals surface area contributed by atoms with Gasteiger partial charge in [0.05, 0.1) is 6.10 Å². The van der Waals surface area contributed by atoms with Crippen molar-refractivity contribution in [3.63, 3.8) is 0 Å². The summed E-state index contributed by atoms with van der Waals surface area (Å²) in [6, 6.07) is 9.84. The van der Waals surface area contributed by atoms with E-state index in [0.717, 1.165) is 12.0 Å². The zero-order valence-electron chi connectivity index (χ0n) is 10.6. The molecule has 1 aromatic rings. The standard InChI is InChI=1S/C12H18O.C2H6/c1-4-12(2,3)11(13)10-8-6-5-7-9-10;1-2/h5-9,11,13H,4H2,1-3H3;1-2H3. The van der Waals surface area contributed by atoms with Gasteiger partial charge in [-0.3, -0.25) is 0 Å². The summed E-state index contributed by atoms with van der Waals surface area (Å²) in [5.74, 6) is 0. The monoisotopic (exact) mass is 208 g/mol. The second-order valence-electron chi connectivity index (χ2n) is 4.16. The van der Waals surface area contributed by atoms with Gasteiger partial charge in [-0.1, -0.05) is 65.0 Å². The van der Waals surface area contributed by atoms with Crippen molar-refractivity contribution in [1.82, 2.24) is 0 Å². The molecular weight excluding hydrogens is 184 g/mol. The Kier molecular flexibility index (Phi) is 6.26. The molecule has 1 nitrogen and oxygen atoms in total. The second kappa shape index (κ2) is 6.62. The maximum Gasteiger partial charge on any atom is 0.0840 e. The first kappa shape index (κ1) is 14.2. The lowest BCUT2D eigenvalue weighted by Gasteiger charge is -2.29. The topological polar surface area (TPSA) is 20.2 Å². The second-order valence-corrected chi connectivity index (χ2v) is 4.16. The Balaban J connectivity index is 0.000000921. The van der Waals surface area contributed by atoms with Crippen LogP contribution in [0.3, 0.4) is 0 Å². The van der Waals surface area contributed by atoms with Gasteiger partial charge in [-0.05, 0) is 17.4 Å². The SMILES string of the molecule is CC.CCC(C)(C)C(O)c1ccccc1. The lowest BCUT2D eigenvalue weighted by Crippen LogP contribution is -2.20. The first-order chi connectivity index (χ1) is 7.08. The molecule has 0 aliphatic carbocycles. The molecule has 0 amide bonds. The molecule has 0 aromatic heterocycles. The molecule has 0 aliphatic heterocycles. The maximum absolute atomic E-state index is 10.0. The summed E-state index contributed by atoms with van der Waals surface area (Å²) < 4.78 is 0. The molecule has 1 atom stereocenters. The number of aliphatic hydroxyl groups is 1. The van der Waals surface area contributed by atoms with Crippen LogP contribution in [0.5, 0.6) is 0 Å². The molecule has 0 fully saturated rings. The van der Waals surface area contributed by atoms with E-state index in [9.17, 15) is 5.11 Å². The van der Waals surface area contributed by atoms with Gasteiger partial charge in [0.15, 0.2) is 0 Å². The number of benzene rings is 1. The highest BCUT2D eigenvalue weighted by Gasteiger charge is 2.26. The number of rotatable bonds is 3. The van der Waals surface area contributed by atoms with Crippen LogP contribution >= 0.6 is 0 Å². The molecule has 1 heteroatoms. The molecule has 0 saturated heterocycles. The third-order valence-corrected chi connectivity index (χ3v) is 2.77. The summed E-state index contributed by atoms with van der Waals surface area (Å²) in [5, 5.41) is 10.0. The Bertz CT molecular complexity index is 251. The minimum atomic E-state index is -0.362. The van der Waals surface area contributed by atoms with E-state index in [2.05, 4.69) is 20.8 Å². The van der Waals surface area contributed by atoms with E-state index in [1.165, 1.54) is 0 Å². The van der Waals surface area contributed by atoms with E-state index in [0.29, 0.717) is 0 Å². The predicted octanol–water partition coefficient (Wildman–Crippen LogP) is 4.18. The van der Waals surface area contributed by atoms with Gasteiger partial charge in [-0.2, -0.15) is 0 Å². The van der Waals surface area contributed by atoms with E-state index in [1.807, 2.05) is 44.2 Å². The van der Waals surface area contributed by atoms with Crippen LogP contribution in [0.1, 0.15) is 52.7 Å². The Morgan fingerprint density at radius 2 is 1.60 bits per heavy atom. The third kappa shape index (κ3) is 4.05. The van der Waals surface area contributed by atoms with Gasteiger partial charge >= 0.3 is 0 Å². The van der Waals surface area contributed by atoms with E-state index >= 15 is 0 Å². The summed E-state index contributed by atoms with van der Waals surface area (Å²) in [5.41, 5.74) is 0.968. The van der Waals surface area contributed by atoms with Gasteiger partial charge in [0.1, 0.15) is 0 Å². The van der Waals surface area contributed by atoms with Crippen molar-refractivity contribution in [2.75, 3.05) is 0 Å². The molecule has 86 valence electrons. The minimum absolute atomic E-state index is 0.0403. The summed E-state index contributed by atoms with van der Waals surface area (Å²) >= 11 is 0.